The number of benzene rings is 20. The van der Waals surface area contributed by atoms with Crippen LogP contribution < -0.4 is 0 Å². The van der Waals surface area contributed by atoms with Crippen LogP contribution in [0.4, 0.5) is 0 Å². The van der Waals surface area contributed by atoms with E-state index in [0.717, 1.165) is 0 Å². The van der Waals surface area contributed by atoms with Crippen molar-refractivity contribution in [2.24, 2.45) is 0 Å². The number of fused-ring (bicyclic) bond motifs is 24. The number of hydrogen-bond donors (Lipinski definition) is 0. The highest BCUT2D eigenvalue weighted by molar-refractivity contribution is 7.28. The van der Waals surface area contributed by atoms with Crippen LogP contribution in [0.3, 0.4) is 0 Å². The Kier molecular flexibility index (Phi) is 13.1. The van der Waals surface area contributed by atoms with Crippen molar-refractivity contribution < 1.29 is 0 Å². The topological polar surface area (TPSA) is 0 Å². The molecule has 24 aromatic rings. The molecule has 0 amide bonds. The maximum absolute atomic E-state index is 2.54. The summed E-state index contributed by atoms with van der Waals surface area (Å²) in [5, 5.41) is 30.7. The molecule has 0 saturated heterocycles. The normalized spacial score (nSPS) is 12.3. The first kappa shape index (κ1) is 60.6. The van der Waals surface area contributed by atoms with Crippen molar-refractivity contribution in [3.63, 3.8) is 0 Å². The molecule has 0 unspecified atom stereocenters. The van der Waals surface area contributed by atoms with Crippen molar-refractivity contribution >= 4 is 212 Å². The summed E-state index contributed by atoms with van der Waals surface area (Å²) in [4.78, 5) is 0. The Bertz CT molecular complexity index is 7830. The van der Waals surface area contributed by atoms with Gasteiger partial charge in [0.1, 0.15) is 0 Å². The van der Waals surface area contributed by atoms with Gasteiger partial charge in [0, 0.05) is 103 Å². The zero-order chi connectivity index (χ0) is 70.4. The fourth-order valence-corrected chi connectivity index (χ4v) is 23.7. The first-order valence-corrected chi connectivity index (χ1v) is 40.4. The fourth-order valence-electron chi connectivity index (χ4n) is 18.7. The van der Waals surface area contributed by atoms with Gasteiger partial charge in [0.15, 0.2) is 0 Å². The van der Waals surface area contributed by atoms with E-state index in [1.807, 2.05) is 45.3 Å². The lowest BCUT2D eigenvalue weighted by atomic mass is 9.85. The van der Waals surface area contributed by atoms with Crippen molar-refractivity contribution in [1.82, 2.24) is 0 Å². The standard InChI is InChI=1S/C104H58S4/c1-2-22-62(23-3-1)95-77-36-16-32-73(89-55-65-24-6-9-27-69(65)99-81-28-10-12-42-91(81)105-103(89)99)87(77)58-88-74(33-17-37-78(88)95)90-56-66-54-64(48-51-70(66)100-82-29-11-13-43-92(82)106-104(90)100)59-44-46-63(47-45-59)96-75-34-14-30-71(79-38-18-40-83-97-67-25-7-4-20-60(67)49-52-93(97)107-101(79)83)85(75)57-86-72(31-15-35-76(86)96)80-39-19-41-84-98-68-26-8-5-21-61(68)50-53-94(98)108-102(80)84/h1-58H. The molecule has 0 bridgehead atoms. The Morgan fingerprint density at radius 1 is 0.139 bits per heavy atom. The molecule has 0 N–H and O–H groups in total. The smallest absolute Gasteiger partial charge is 0.0440 e. The predicted molar refractivity (Wildman–Crippen MR) is 476 cm³/mol. The Labute approximate surface area is 636 Å². The van der Waals surface area contributed by atoms with Gasteiger partial charge < -0.3 is 0 Å². The van der Waals surface area contributed by atoms with E-state index in [1.165, 1.54) is 245 Å². The Morgan fingerprint density at radius 2 is 0.481 bits per heavy atom. The molecule has 4 heterocycles. The summed E-state index contributed by atoms with van der Waals surface area (Å²) in [6.07, 6.45) is 0. The zero-order valence-corrected chi connectivity index (χ0v) is 61.4. The monoisotopic (exact) mass is 1430 g/mol. The minimum atomic E-state index is 1.18. The minimum absolute atomic E-state index is 1.18. The van der Waals surface area contributed by atoms with Crippen LogP contribution in [0, 0.1) is 0 Å². The van der Waals surface area contributed by atoms with E-state index in [4.69, 9.17) is 0 Å². The van der Waals surface area contributed by atoms with Crippen molar-refractivity contribution in [2.45, 2.75) is 0 Å². The zero-order valence-electron chi connectivity index (χ0n) is 58.1. The second-order valence-corrected chi connectivity index (χ2v) is 33.3. The summed E-state index contributed by atoms with van der Waals surface area (Å²) >= 11 is 7.67. The van der Waals surface area contributed by atoms with Gasteiger partial charge >= 0.3 is 0 Å². The van der Waals surface area contributed by atoms with Gasteiger partial charge in [0.05, 0.1) is 0 Å². The third kappa shape index (κ3) is 8.89. The molecule has 0 fully saturated rings. The quantitative estimate of drug-likeness (QED) is 0.140. The molecule has 0 aliphatic rings. The second-order valence-electron chi connectivity index (χ2n) is 29.0. The lowest BCUT2D eigenvalue weighted by Crippen LogP contribution is -1.91. The molecule has 0 aliphatic carbocycles. The van der Waals surface area contributed by atoms with Gasteiger partial charge in [-0.25, -0.2) is 0 Å². The van der Waals surface area contributed by atoms with Gasteiger partial charge in [0.2, 0.25) is 0 Å². The summed E-state index contributed by atoms with van der Waals surface area (Å²) in [6, 6.07) is 134. The molecule has 4 aromatic heterocycles. The largest absolute Gasteiger partial charge is 0.135 e. The minimum Gasteiger partial charge on any atom is -0.135 e. The highest BCUT2D eigenvalue weighted by atomic mass is 32.1. The van der Waals surface area contributed by atoms with Crippen molar-refractivity contribution in [3.8, 4) is 77.9 Å². The molecule has 0 atom stereocenters. The van der Waals surface area contributed by atoms with E-state index in [0.29, 0.717) is 0 Å². The van der Waals surface area contributed by atoms with Crippen molar-refractivity contribution in [3.05, 3.63) is 352 Å². The molecule has 20 aromatic carbocycles. The summed E-state index contributed by atoms with van der Waals surface area (Å²) in [7, 11) is 0. The van der Waals surface area contributed by atoms with E-state index < -0.39 is 0 Å². The van der Waals surface area contributed by atoms with Gasteiger partial charge in [-0.1, -0.05) is 297 Å². The summed E-state index contributed by atoms with van der Waals surface area (Å²) in [5.74, 6) is 0. The van der Waals surface area contributed by atoms with Gasteiger partial charge in [0.25, 0.3) is 0 Å². The third-order valence-electron chi connectivity index (χ3n) is 23.4. The molecule has 0 saturated carbocycles. The van der Waals surface area contributed by atoms with Crippen LogP contribution in [-0.4, -0.2) is 0 Å². The number of thiophene rings is 4. The van der Waals surface area contributed by atoms with Crippen molar-refractivity contribution in [1.29, 1.82) is 0 Å². The summed E-state index contributed by atoms with van der Waals surface area (Å²) < 4.78 is 10.5. The lowest BCUT2D eigenvalue weighted by molar-refractivity contribution is 1.63. The molecule has 0 radical (unpaired) electrons. The first-order chi connectivity index (χ1) is 53.6. The average Bonchev–Trinajstić information content (AvgIpc) is 1.19. The van der Waals surface area contributed by atoms with Gasteiger partial charge in [-0.15, -0.1) is 45.3 Å². The lowest BCUT2D eigenvalue weighted by Gasteiger charge is -2.19. The number of rotatable bonds is 7. The van der Waals surface area contributed by atoms with E-state index >= 15 is 0 Å². The molecule has 0 spiro atoms. The molecule has 0 aliphatic heterocycles. The maximum atomic E-state index is 2.54. The number of hydrogen-bond acceptors (Lipinski definition) is 4. The predicted octanol–water partition coefficient (Wildman–Crippen LogP) is 32.1. The molecule has 108 heavy (non-hydrogen) atoms. The van der Waals surface area contributed by atoms with Crippen molar-refractivity contribution in [2.75, 3.05) is 0 Å². The van der Waals surface area contributed by atoms with Gasteiger partial charge in [-0.3, -0.25) is 0 Å². The Morgan fingerprint density at radius 3 is 0.972 bits per heavy atom. The molecule has 0 nitrogen and oxygen atoms in total. The SMILES string of the molecule is c1ccc(-c2c3cccc(-c4cc5ccccc5c5c4sc4ccccc45)c3cc3c(-c4cc5cc(-c6ccc(-c7c8cccc(-c9cccc%10c9sc9ccc%11ccccc%11c9%10)c8cc8c(-c9cccc%10c9sc9ccc%11ccccc%11c9%10)cccc78)cc6)ccc5c5c4sc4ccccc45)cccc23)cc1. The van der Waals surface area contributed by atoms with Crippen LogP contribution in [0.15, 0.2) is 352 Å². The maximum Gasteiger partial charge on any atom is 0.0440 e. The molecule has 498 valence electrons. The Hall–Kier alpha value is -12.6. The first-order valence-electron chi connectivity index (χ1n) is 37.1. The van der Waals surface area contributed by atoms with Crippen LogP contribution in [0.25, 0.3) is 245 Å². The fraction of sp³-hybridized carbons (Fsp3) is 0. The molecule has 4 heteroatoms. The molecular weight excluding hydrogens is 1380 g/mol. The highest BCUT2D eigenvalue weighted by Gasteiger charge is 2.25. The van der Waals surface area contributed by atoms with E-state index in [-0.39, 0.29) is 0 Å². The van der Waals surface area contributed by atoms with E-state index in [2.05, 4.69) is 352 Å². The van der Waals surface area contributed by atoms with Crippen LogP contribution in [0.5, 0.6) is 0 Å². The van der Waals surface area contributed by atoms with Crippen LogP contribution in [0.1, 0.15) is 0 Å². The molecular formula is C104H58S4. The van der Waals surface area contributed by atoms with Crippen LogP contribution in [-0.2, 0) is 0 Å². The second kappa shape index (κ2) is 23.4. The Balaban J connectivity index is 0.703. The van der Waals surface area contributed by atoms with E-state index in [9.17, 15) is 0 Å². The molecule has 24 rings (SSSR count). The van der Waals surface area contributed by atoms with Crippen LogP contribution in [0.2, 0.25) is 0 Å². The highest BCUT2D eigenvalue weighted by Crippen LogP contribution is 2.54. The van der Waals surface area contributed by atoms with E-state index in [1.54, 1.807) is 0 Å². The average molecular weight is 1440 g/mol. The summed E-state index contributed by atoms with van der Waals surface area (Å²) in [6.45, 7) is 0. The summed E-state index contributed by atoms with van der Waals surface area (Å²) in [5.41, 5.74) is 17.3. The van der Waals surface area contributed by atoms with Crippen LogP contribution >= 0.6 is 45.3 Å². The van der Waals surface area contributed by atoms with Gasteiger partial charge in [-0.2, -0.15) is 0 Å². The van der Waals surface area contributed by atoms with Gasteiger partial charge in [-0.05, 0) is 196 Å². The third-order valence-corrected chi connectivity index (χ3v) is 28.2.